The number of nitrogens with zero attached hydrogens (tertiary/aromatic N) is 1. The molecule has 0 N–H and O–H groups in total. The molecule has 0 radical (unpaired) electrons. The summed E-state index contributed by atoms with van der Waals surface area (Å²) in [7, 11) is -2.63. The molecule has 0 amide bonds. The van der Waals surface area contributed by atoms with Crippen LogP contribution in [0.25, 0.3) is 0 Å². The number of rotatable bonds is 8. The van der Waals surface area contributed by atoms with Gasteiger partial charge in [-0.3, -0.25) is 0 Å². The predicted octanol–water partition coefficient (Wildman–Crippen LogP) is 5.74. The molecule has 3 aromatic rings. The normalized spacial score (nSPS) is 11.5. The molecule has 0 saturated heterocycles. The zero-order chi connectivity index (χ0) is 24.2. The quantitative estimate of drug-likeness (QED) is 0.297. The number of sulfonamides is 1. The minimum absolute atomic E-state index is 0.0246. The van der Waals surface area contributed by atoms with Gasteiger partial charge >= 0.3 is 5.97 Å². The van der Waals surface area contributed by atoms with Crippen LogP contribution >= 0.6 is 11.9 Å². The number of esters is 1. The molecule has 0 atom stereocenters. The average molecular weight is 490 g/mol. The van der Waals surface area contributed by atoms with E-state index in [2.05, 4.69) is 0 Å². The van der Waals surface area contributed by atoms with Gasteiger partial charge in [-0.15, -0.1) is 3.71 Å². The van der Waals surface area contributed by atoms with E-state index in [1.165, 1.54) is 41.2 Å². The number of carbonyl (C=O) groups excluding carboxylic acids is 1. The SMILES string of the molecule is CCN(Sc1ccc(Oc2ccc(F)cc2)cc1)S(=O)(=O)c1cc(C)c(C)c(C(=O)OC)c1. The van der Waals surface area contributed by atoms with Gasteiger partial charge < -0.3 is 9.47 Å². The van der Waals surface area contributed by atoms with Gasteiger partial charge in [0.15, 0.2) is 0 Å². The lowest BCUT2D eigenvalue weighted by atomic mass is 10.0. The maximum absolute atomic E-state index is 13.3. The highest BCUT2D eigenvalue weighted by molar-refractivity contribution is 8.08. The van der Waals surface area contributed by atoms with Gasteiger partial charge in [-0.05, 0) is 97.6 Å². The van der Waals surface area contributed by atoms with Crippen LogP contribution in [0.2, 0.25) is 0 Å². The molecule has 0 spiro atoms. The summed E-state index contributed by atoms with van der Waals surface area (Å²) in [4.78, 5) is 12.8. The van der Waals surface area contributed by atoms with Crippen molar-refractivity contribution in [2.45, 2.75) is 30.6 Å². The summed E-state index contributed by atoms with van der Waals surface area (Å²) in [6.45, 7) is 5.45. The van der Waals surface area contributed by atoms with Crippen molar-refractivity contribution in [3.63, 3.8) is 0 Å². The zero-order valence-electron chi connectivity index (χ0n) is 18.7. The molecule has 0 bridgehead atoms. The Hall–Kier alpha value is -2.88. The molecule has 6 nitrogen and oxygen atoms in total. The third kappa shape index (κ3) is 5.73. The van der Waals surface area contributed by atoms with Crippen LogP contribution in [-0.4, -0.2) is 31.8 Å². The highest BCUT2D eigenvalue weighted by Gasteiger charge is 2.27. The van der Waals surface area contributed by atoms with Crippen LogP contribution in [0.3, 0.4) is 0 Å². The summed E-state index contributed by atoms with van der Waals surface area (Å²) >= 11 is 1.06. The van der Waals surface area contributed by atoms with Gasteiger partial charge in [0.2, 0.25) is 0 Å². The van der Waals surface area contributed by atoms with Crippen molar-refractivity contribution in [1.29, 1.82) is 0 Å². The van der Waals surface area contributed by atoms with E-state index in [4.69, 9.17) is 9.47 Å². The van der Waals surface area contributed by atoms with E-state index in [9.17, 15) is 17.6 Å². The Morgan fingerprint density at radius 1 is 1.00 bits per heavy atom. The number of benzene rings is 3. The fourth-order valence-electron chi connectivity index (χ4n) is 3.02. The Balaban J connectivity index is 1.82. The summed E-state index contributed by atoms with van der Waals surface area (Å²) in [5.74, 6) is 0.0944. The average Bonchev–Trinajstić information content (AvgIpc) is 2.80. The molecule has 3 rings (SSSR count). The lowest BCUT2D eigenvalue weighted by Gasteiger charge is -2.20. The second kappa shape index (κ2) is 10.4. The van der Waals surface area contributed by atoms with Crippen molar-refractivity contribution >= 4 is 27.9 Å². The molecule has 33 heavy (non-hydrogen) atoms. The van der Waals surface area contributed by atoms with Crippen LogP contribution < -0.4 is 4.74 Å². The van der Waals surface area contributed by atoms with E-state index < -0.39 is 16.0 Å². The van der Waals surface area contributed by atoms with Gasteiger partial charge in [-0.2, -0.15) is 0 Å². The minimum Gasteiger partial charge on any atom is -0.465 e. The van der Waals surface area contributed by atoms with Crippen LogP contribution in [0.15, 0.2) is 70.5 Å². The van der Waals surface area contributed by atoms with Crippen molar-refractivity contribution in [3.8, 4) is 11.5 Å². The number of carbonyl (C=O) groups is 1. The molecule has 174 valence electrons. The number of hydrogen-bond acceptors (Lipinski definition) is 6. The first kappa shape index (κ1) is 24.8. The first-order valence-electron chi connectivity index (χ1n) is 10.1. The summed E-state index contributed by atoms with van der Waals surface area (Å²) < 4.78 is 51.4. The number of aryl methyl sites for hydroxylation is 1. The Bertz CT molecular complexity index is 1240. The van der Waals surface area contributed by atoms with E-state index in [1.54, 1.807) is 51.1 Å². The highest BCUT2D eigenvalue weighted by atomic mass is 32.3. The van der Waals surface area contributed by atoms with Crippen molar-refractivity contribution in [2.75, 3.05) is 13.7 Å². The lowest BCUT2D eigenvalue weighted by molar-refractivity contribution is 0.0599. The van der Waals surface area contributed by atoms with Crippen LogP contribution in [0.4, 0.5) is 4.39 Å². The topological polar surface area (TPSA) is 72.9 Å². The molecule has 0 fully saturated rings. The molecule has 0 heterocycles. The van der Waals surface area contributed by atoms with Gasteiger partial charge in [0, 0.05) is 11.4 Å². The van der Waals surface area contributed by atoms with Crippen LogP contribution in [0, 0.1) is 19.7 Å². The van der Waals surface area contributed by atoms with Gasteiger partial charge in [0.25, 0.3) is 10.0 Å². The highest BCUT2D eigenvalue weighted by Crippen LogP contribution is 2.32. The smallest absolute Gasteiger partial charge is 0.338 e. The molecule has 0 aliphatic heterocycles. The number of methoxy groups -OCH3 is 1. The third-order valence-corrected chi connectivity index (χ3v) is 8.33. The lowest BCUT2D eigenvalue weighted by Crippen LogP contribution is -2.25. The molecule has 3 aromatic carbocycles. The van der Waals surface area contributed by atoms with Crippen molar-refractivity contribution in [3.05, 3.63) is 83.2 Å². The molecule has 0 saturated carbocycles. The van der Waals surface area contributed by atoms with Gasteiger partial charge in [-0.25, -0.2) is 17.6 Å². The first-order chi connectivity index (χ1) is 15.6. The Morgan fingerprint density at radius 2 is 1.58 bits per heavy atom. The summed E-state index contributed by atoms with van der Waals surface area (Å²) in [6.07, 6.45) is 0. The maximum Gasteiger partial charge on any atom is 0.338 e. The predicted molar refractivity (Wildman–Crippen MR) is 126 cm³/mol. The Kier molecular flexibility index (Phi) is 7.78. The summed E-state index contributed by atoms with van der Waals surface area (Å²) in [5.41, 5.74) is 1.58. The zero-order valence-corrected chi connectivity index (χ0v) is 20.3. The Labute approximate surface area is 197 Å². The molecule has 9 heteroatoms. The Morgan fingerprint density at radius 3 is 2.12 bits per heavy atom. The largest absolute Gasteiger partial charge is 0.465 e. The molecule has 0 unspecified atom stereocenters. The molecular weight excluding hydrogens is 465 g/mol. The van der Waals surface area contributed by atoms with Crippen LogP contribution in [0.1, 0.15) is 28.4 Å². The van der Waals surface area contributed by atoms with E-state index in [1.807, 2.05) is 0 Å². The van der Waals surface area contributed by atoms with Crippen LogP contribution in [-0.2, 0) is 14.8 Å². The first-order valence-corrected chi connectivity index (χ1v) is 12.3. The monoisotopic (exact) mass is 489 g/mol. The summed E-state index contributed by atoms with van der Waals surface area (Å²) in [6, 6.07) is 15.5. The minimum atomic E-state index is -3.89. The van der Waals surface area contributed by atoms with Crippen LogP contribution in [0.5, 0.6) is 11.5 Å². The molecular formula is C24H24FNO5S2. The fraction of sp³-hybridized carbons (Fsp3) is 0.208. The van der Waals surface area contributed by atoms with E-state index in [0.717, 1.165) is 11.9 Å². The van der Waals surface area contributed by atoms with Gasteiger partial charge in [-0.1, -0.05) is 6.92 Å². The number of halogens is 1. The molecule has 0 aromatic heterocycles. The number of ether oxygens (including phenoxy) is 2. The van der Waals surface area contributed by atoms with Crippen molar-refractivity contribution in [2.24, 2.45) is 0 Å². The fourth-order valence-corrected chi connectivity index (χ4v) is 5.72. The second-order valence-corrected chi connectivity index (χ2v) is 10.3. The third-order valence-electron chi connectivity index (χ3n) is 4.95. The number of hydrogen-bond donors (Lipinski definition) is 0. The van der Waals surface area contributed by atoms with E-state index >= 15 is 0 Å². The van der Waals surface area contributed by atoms with Crippen molar-refractivity contribution in [1.82, 2.24) is 3.71 Å². The maximum atomic E-state index is 13.3. The second-order valence-electron chi connectivity index (χ2n) is 7.15. The standard InChI is InChI=1S/C24H24FNO5S2/c1-5-26(33(28,29)22-14-16(2)17(3)23(15-22)24(27)30-4)32-21-12-10-20(11-13-21)31-19-8-6-18(25)7-9-19/h6-15H,5H2,1-4H3. The molecule has 0 aliphatic carbocycles. The summed E-state index contributed by atoms with van der Waals surface area (Å²) in [5, 5.41) is 0. The van der Waals surface area contributed by atoms with E-state index in [-0.39, 0.29) is 22.8 Å². The molecule has 0 aliphatic rings. The van der Waals surface area contributed by atoms with Crippen molar-refractivity contribution < 1.29 is 27.1 Å². The van der Waals surface area contributed by atoms with E-state index in [0.29, 0.717) is 27.5 Å². The van der Waals surface area contributed by atoms with Gasteiger partial charge in [0.05, 0.1) is 17.6 Å². The van der Waals surface area contributed by atoms with Gasteiger partial charge in [0.1, 0.15) is 17.3 Å².